The summed E-state index contributed by atoms with van der Waals surface area (Å²) in [6, 6.07) is 5.31. The standard InChI is InChI=1S/C19H21F3N2O3/c1-12-8-13(2)17-15(9-12)14(10-16(25)27-17)11-23-4-3-5-24(7-6-23)18(26)19(20,21)22/h8-10H,3-7,11H2,1-2H3. The number of halogens is 3. The quantitative estimate of drug-likeness (QED) is 0.750. The molecule has 0 saturated carbocycles. The van der Waals surface area contributed by atoms with Crippen LogP contribution in [0.4, 0.5) is 13.2 Å². The van der Waals surface area contributed by atoms with Crippen molar-refractivity contribution in [2.75, 3.05) is 26.2 Å². The minimum Gasteiger partial charge on any atom is -0.422 e. The van der Waals surface area contributed by atoms with E-state index in [-0.39, 0.29) is 13.1 Å². The summed E-state index contributed by atoms with van der Waals surface area (Å²) >= 11 is 0. The molecule has 1 aliphatic rings. The summed E-state index contributed by atoms with van der Waals surface area (Å²) in [5.74, 6) is -1.79. The second kappa shape index (κ2) is 7.34. The molecule has 2 heterocycles. The maximum absolute atomic E-state index is 12.7. The molecule has 1 aromatic heterocycles. The van der Waals surface area contributed by atoms with Crippen LogP contribution in [-0.2, 0) is 11.3 Å². The molecule has 0 bridgehead atoms. The van der Waals surface area contributed by atoms with Crippen molar-refractivity contribution in [3.05, 3.63) is 45.3 Å². The maximum atomic E-state index is 12.7. The minimum absolute atomic E-state index is 0.00969. The van der Waals surface area contributed by atoms with Crippen molar-refractivity contribution >= 4 is 16.9 Å². The van der Waals surface area contributed by atoms with Crippen molar-refractivity contribution in [3.63, 3.8) is 0 Å². The average Bonchev–Trinajstić information content (AvgIpc) is 2.80. The van der Waals surface area contributed by atoms with Gasteiger partial charge in [0.25, 0.3) is 0 Å². The molecule has 1 fully saturated rings. The molecule has 3 rings (SSSR count). The summed E-state index contributed by atoms with van der Waals surface area (Å²) in [6.07, 6.45) is -4.40. The highest BCUT2D eigenvalue weighted by molar-refractivity contribution is 5.84. The van der Waals surface area contributed by atoms with Crippen LogP contribution in [-0.4, -0.2) is 48.1 Å². The fourth-order valence-corrected chi connectivity index (χ4v) is 3.56. The molecule has 0 radical (unpaired) electrons. The molecule has 0 atom stereocenters. The Morgan fingerprint density at radius 1 is 1.11 bits per heavy atom. The van der Waals surface area contributed by atoms with E-state index in [0.717, 1.165) is 27.0 Å². The Morgan fingerprint density at radius 3 is 2.56 bits per heavy atom. The lowest BCUT2D eigenvalue weighted by molar-refractivity contribution is -0.185. The van der Waals surface area contributed by atoms with E-state index in [9.17, 15) is 22.8 Å². The van der Waals surface area contributed by atoms with E-state index in [1.165, 1.54) is 6.07 Å². The molecule has 0 aliphatic carbocycles. The molecule has 2 aromatic rings. The topological polar surface area (TPSA) is 53.8 Å². The Labute approximate surface area is 154 Å². The Hall–Kier alpha value is -2.35. The number of fused-ring (bicyclic) bond motifs is 1. The smallest absolute Gasteiger partial charge is 0.422 e. The van der Waals surface area contributed by atoms with E-state index in [1.54, 1.807) is 0 Å². The number of nitrogens with zero attached hydrogens (tertiary/aromatic N) is 2. The number of aryl methyl sites for hydroxylation is 2. The monoisotopic (exact) mass is 382 g/mol. The predicted molar refractivity (Wildman–Crippen MR) is 94.5 cm³/mol. The fraction of sp³-hybridized carbons (Fsp3) is 0.474. The van der Waals surface area contributed by atoms with Gasteiger partial charge < -0.3 is 9.32 Å². The number of carbonyl (C=O) groups is 1. The van der Waals surface area contributed by atoms with Gasteiger partial charge in [0, 0.05) is 44.2 Å². The lowest BCUT2D eigenvalue weighted by Gasteiger charge is -2.23. The van der Waals surface area contributed by atoms with Gasteiger partial charge in [-0.25, -0.2) is 4.79 Å². The summed E-state index contributed by atoms with van der Waals surface area (Å²) in [7, 11) is 0. The van der Waals surface area contributed by atoms with Crippen LogP contribution in [0.1, 0.15) is 23.1 Å². The zero-order valence-corrected chi connectivity index (χ0v) is 15.2. The van der Waals surface area contributed by atoms with Crippen LogP contribution >= 0.6 is 0 Å². The van der Waals surface area contributed by atoms with E-state index >= 15 is 0 Å². The lowest BCUT2D eigenvalue weighted by atomic mass is 10.0. The molecule has 8 heteroatoms. The van der Waals surface area contributed by atoms with Crippen LogP contribution in [0, 0.1) is 13.8 Å². The van der Waals surface area contributed by atoms with Crippen LogP contribution in [0.3, 0.4) is 0 Å². The fourth-order valence-electron chi connectivity index (χ4n) is 3.56. The molecule has 1 saturated heterocycles. The van der Waals surface area contributed by atoms with Crippen LogP contribution in [0.5, 0.6) is 0 Å². The summed E-state index contributed by atoms with van der Waals surface area (Å²) in [4.78, 5) is 26.2. The van der Waals surface area contributed by atoms with Gasteiger partial charge in [-0.05, 0) is 43.0 Å². The number of rotatable bonds is 2. The van der Waals surface area contributed by atoms with Crippen molar-refractivity contribution in [2.24, 2.45) is 0 Å². The van der Waals surface area contributed by atoms with Crippen molar-refractivity contribution < 1.29 is 22.4 Å². The zero-order valence-electron chi connectivity index (χ0n) is 15.2. The molecule has 0 unspecified atom stereocenters. The number of benzene rings is 1. The third kappa shape index (κ3) is 4.32. The molecule has 1 aliphatic heterocycles. The van der Waals surface area contributed by atoms with Crippen molar-refractivity contribution in [1.29, 1.82) is 0 Å². The van der Waals surface area contributed by atoms with E-state index in [0.29, 0.717) is 31.6 Å². The summed E-state index contributed by atoms with van der Waals surface area (Å²) in [5.41, 5.74) is 2.76. The zero-order chi connectivity index (χ0) is 19.8. The first-order valence-corrected chi connectivity index (χ1v) is 8.77. The molecular formula is C19H21F3N2O3. The minimum atomic E-state index is -4.85. The van der Waals surface area contributed by atoms with Gasteiger partial charge in [-0.2, -0.15) is 13.2 Å². The Kier molecular flexibility index (Phi) is 5.28. The van der Waals surface area contributed by atoms with E-state index < -0.39 is 17.7 Å². The first-order chi connectivity index (χ1) is 12.6. The first kappa shape index (κ1) is 19.4. The average molecular weight is 382 g/mol. The molecule has 0 N–H and O–H groups in total. The largest absolute Gasteiger partial charge is 0.471 e. The van der Waals surface area contributed by atoms with Gasteiger partial charge in [-0.3, -0.25) is 9.69 Å². The van der Waals surface area contributed by atoms with Gasteiger partial charge in [0.05, 0.1) is 0 Å². The Morgan fingerprint density at radius 2 is 1.85 bits per heavy atom. The van der Waals surface area contributed by atoms with E-state index in [4.69, 9.17) is 4.42 Å². The highest BCUT2D eigenvalue weighted by Gasteiger charge is 2.42. The Bertz CT molecular complexity index is 921. The summed E-state index contributed by atoms with van der Waals surface area (Å²) in [5, 5.41) is 0.833. The Balaban J connectivity index is 1.82. The third-order valence-corrected chi connectivity index (χ3v) is 4.77. The van der Waals surface area contributed by atoms with Gasteiger partial charge in [0.2, 0.25) is 0 Å². The van der Waals surface area contributed by atoms with Crippen molar-refractivity contribution in [3.8, 4) is 0 Å². The number of hydrogen-bond donors (Lipinski definition) is 0. The molecule has 1 aromatic carbocycles. The SMILES string of the molecule is Cc1cc(C)c2oc(=O)cc(CN3CCCN(C(=O)C(F)(F)F)CC3)c2c1. The molecule has 5 nitrogen and oxygen atoms in total. The van der Waals surface area contributed by atoms with Crippen LogP contribution in [0.2, 0.25) is 0 Å². The molecule has 0 spiro atoms. The molecule has 1 amide bonds. The van der Waals surface area contributed by atoms with Gasteiger partial charge in [0.1, 0.15) is 5.58 Å². The lowest BCUT2D eigenvalue weighted by Crippen LogP contribution is -2.43. The van der Waals surface area contributed by atoms with Crippen molar-refractivity contribution in [2.45, 2.75) is 33.0 Å². The van der Waals surface area contributed by atoms with Gasteiger partial charge in [-0.15, -0.1) is 0 Å². The van der Waals surface area contributed by atoms with Gasteiger partial charge in [0.15, 0.2) is 0 Å². The highest BCUT2D eigenvalue weighted by atomic mass is 19.4. The summed E-state index contributed by atoms with van der Waals surface area (Å²) < 4.78 is 43.3. The molecular weight excluding hydrogens is 361 g/mol. The van der Waals surface area contributed by atoms with E-state index in [2.05, 4.69) is 0 Å². The maximum Gasteiger partial charge on any atom is 0.471 e. The first-order valence-electron chi connectivity index (χ1n) is 8.77. The van der Waals surface area contributed by atoms with Crippen LogP contribution in [0.15, 0.2) is 27.4 Å². The van der Waals surface area contributed by atoms with Gasteiger partial charge >= 0.3 is 17.7 Å². The number of amides is 1. The van der Waals surface area contributed by atoms with Crippen molar-refractivity contribution in [1.82, 2.24) is 9.80 Å². The number of alkyl halides is 3. The highest BCUT2D eigenvalue weighted by Crippen LogP contribution is 2.24. The van der Waals surface area contributed by atoms with Gasteiger partial charge in [-0.1, -0.05) is 6.07 Å². The van der Waals surface area contributed by atoms with E-state index in [1.807, 2.05) is 30.9 Å². The second-order valence-electron chi connectivity index (χ2n) is 6.97. The predicted octanol–water partition coefficient (Wildman–Crippen LogP) is 3.01. The second-order valence-corrected chi connectivity index (χ2v) is 6.97. The number of carbonyl (C=O) groups excluding carboxylic acids is 1. The van der Waals surface area contributed by atoms with Crippen LogP contribution < -0.4 is 5.63 Å². The molecule has 27 heavy (non-hydrogen) atoms. The van der Waals surface area contributed by atoms with Crippen LogP contribution in [0.25, 0.3) is 11.0 Å². The number of hydrogen-bond acceptors (Lipinski definition) is 4. The third-order valence-electron chi connectivity index (χ3n) is 4.77. The summed E-state index contributed by atoms with van der Waals surface area (Å²) in [6.45, 7) is 5.19. The normalized spacial score (nSPS) is 16.6. The molecule has 146 valence electrons.